The topological polar surface area (TPSA) is 166 Å². The van der Waals surface area contributed by atoms with Crippen molar-refractivity contribution in [1.82, 2.24) is 0 Å². The van der Waals surface area contributed by atoms with Crippen LogP contribution in [0.5, 0.6) is 0 Å². The van der Waals surface area contributed by atoms with Gasteiger partial charge in [0.15, 0.2) is 12.1 Å². The molecule has 174 valence electrons. The first-order valence-electron chi connectivity index (χ1n) is 10.7. The Kier molecular flexibility index (Phi) is 4.79. The number of carbonyl (C=O) groups is 1. The number of hydrogen-bond donors (Lipinski definition) is 6. The van der Waals surface area contributed by atoms with Gasteiger partial charge in [-0.3, -0.25) is 4.79 Å². The number of fused-ring (bicyclic) bond motifs is 3. The highest BCUT2D eigenvalue weighted by atomic mass is 16.7. The van der Waals surface area contributed by atoms with E-state index in [1.165, 1.54) is 0 Å². The zero-order valence-electron chi connectivity index (χ0n) is 17.4. The zero-order chi connectivity index (χ0) is 22.5. The summed E-state index contributed by atoms with van der Waals surface area (Å²) in [6.45, 7) is 2.68. The lowest BCUT2D eigenvalue weighted by molar-refractivity contribution is -0.325. The minimum Gasteiger partial charge on any atom is -0.396 e. The molecule has 31 heavy (non-hydrogen) atoms. The highest BCUT2D eigenvalue weighted by Gasteiger charge is 2.95. The van der Waals surface area contributed by atoms with Crippen molar-refractivity contribution in [3.8, 4) is 0 Å². The third kappa shape index (κ3) is 2.40. The van der Waals surface area contributed by atoms with Crippen LogP contribution in [0.4, 0.5) is 0 Å². The first-order chi connectivity index (χ1) is 14.6. The van der Waals surface area contributed by atoms with E-state index in [0.29, 0.717) is 5.57 Å². The maximum Gasteiger partial charge on any atom is 0.187 e. The summed E-state index contributed by atoms with van der Waals surface area (Å²) in [4.78, 5) is 12.3. The Bertz CT molecular complexity index is 814. The average molecular weight is 442 g/mol. The van der Waals surface area contributed by atoms with Gasteiger partial charge in [0.2, 0.25) is 0 Å². The third-order valence-corrected chi connectivity index (χ3v) is 8.80. The van der Waals surface area contributed by atoms with Gasteiger partial charge in [0, 0.05) is 23.2 Å². The summed E-state index contributed by atoms with van der Waals surface area (Å²) in [7, 11) is 0. The van der Waals surface area contributed by atoms with Crippen LogP contribution in [0.3, 0.4) is 0 Å². The summed E-state index contributed by atoms with van der Waals surface area (Å²) in [5.41, 5.74) is -2.53. The minimum absolute atomic E-state index is 0.0255. The molecular formula is C21H30O10. The molecule has 0 unspecified atom stereocenters. The number of rotatable bonds is 4. The van der Waals surface area contributed by atoms with E-state index in [-0.39, 0.29) is 31.1 Å². The lowest BCUT2D eigenvalue weighted by Gasteiger charge is -2.48. The normalized spacial score (nSPS) is 57.9. The molecule has 5 aliphatic rings. The number of Topliss-reactive ketones (excluding diaryl/α,β-unsaturated/α-hetero) is 1. The molecule has 0 aromatic rings. The number of aliphatic hydroxyl groups is 6. The molecule has 10 heteroatoms. The Morgan fingerprint density at radius 3 is 2.52 bits per heavy atom. The average Bonchev–Trinajstić information content (AvgIpc) is 3.06. The summed E-state index contributed by atoms with van der Waals surface area (Å²) < 4.78 is 17.6. The van der Waals surface area contributed by atoms with E-state index in [1.54, 1.807) is 13.0 Å². The van der Waals surface area contributed by atoms with Crippen molar-refractivity contribution in [3.05, 3.63) is 11.6 Å². The fourth-order valence-corrected chi connectivity index (χ4v) is 7.04. The molecule has 2 saturated carbocycles. The number of hydrogen-bond acceptors (Lipinski definition) is 10. The van der Waals surface area contributed by atoms with Gasteiger partial charge in [0.1, 0.15) is 36.1 Å². The molecule has 0 spiro atoms. The van der Waals surface area contributed by atoms with Gasteiger partial charge < -0.3 is 44.8 Å². The van der Waals surface area contributed by atoms with Crippen molar-refractivity contribution >= 4 is 5.78 Å². The van der Waals surface area contributed by atoms with Crippen LogP contribution >= 0.6 is 0 Å². The van der Waals surface area contributed by atoms with Gasteiger partial charge in [-0.25, -0.2) is 0 Å². The first-order valence-corrected chi connectivity index (χ1v) is 10.7. The van der Waals surface area contributed by atoms with Crippen LogP contribution in [0.1, 0.15) is 26.7 Å². The lowest BCUT2D eigenvalue weighted by atomic mass is 9.68. The predicted molar refractivity (Wildman–Crippen MR) is 101 cm³/mol. The molecule has 2 aliphatic heterocycles. The van der Waals surface area contributed by atoms with E-state index < -0.39 is 72.1 Å². The summed E-state index contributed by atoms with van der Waals surface area (Å²) >= 11 is 0. The Balaban J connectivity index is 1.43. The van der Waals surface area contributed by atoms with E-state index in [9.17, 15) is 35.4 Å². The van der Waals surface area contributed by atoms with Crippen LogP contribution < -0.4 is 0 Å². The molecule has 2 heterocycles. The molecule has 4 fully saturated rings. The maximum absolute atomic E-state index is 12.3. The molecule has 0 aromatic carbocycles. The molecule has 10 nitrogen and oxygen atoms in total. The van der Waals surface area contributed by atoms with Gasteiger partial charge in [0.05, 0.1) is 25.4 Å². The lowest BCUT2D eigenvalue weighted by Crippen LogP contribution is -2.62. The highest BCUT2D eigenvalue weighted by molar-refractivity contribution is 5.96. The van der Waals surface area contributed by atoms with Crippen molar-refractivity contribution in [2.45, 2.75) is 81.3 Å². The van der Waals surface area contributed by atoms with Gasteiger partial charge in [-0.1, -0.05) is 6.92 Å². The summed E-state index contributed by atoms with van der Waals surface area (Å²) in [5.74, 6) is -0.379. The Labute approximate surface area is 179 Å². The Hall–Kier alpha value is -0.950. The molecule has 0 aromatic heterocycles. The molecule has 5 rings (SSSR count). The summed E-state index contributed by atoms with van der Waals surface area (Å²) in [6.07, 6.45) is -6.95. The van der Waals surface area contributed by atoms with Crippen LogP contribution in [-0.2, 0) is 19.0 Å². The SMILES string of the molecule is CC1=C[C@H]2O[C@@H]3[C@H](O[C@@H]4O[C@H](CO)[C@@H](O)[C@H](O)[C@H]4O)C[C@@]4(C)[C@]3(O)[C@@]4(CO)[C@H]2CC1=O. The summed E-state index contributed by atoms with van der Waals surface area (Å²) in [5, 5.41) is 61.8. The van der Waals surface area contributed by atoms with Crippen LogP contribution in [0.2, 0.25) is 0 Å². The van der Waals surface area contributed by atoms with Crippen LogP contribution in [0, 0.1) is 16.7 Å². The fourth-order valence-electron chi connectivity index (χ4n) is 7.04. The monoisotopic (exact) mass is 442 g/mol. The van der Waals surface area contributed by atoms with E-state index in [2.05, 4.69) is 0 Å². The molecule has 0 amide bonds. The van der Waals surface area contributed by atoms with Gasteiger partial charge in [0.25, 0.3) is 0 Å². The second-order valence-electron chi connectivity index (χ2n) is 9.91. The first kappa shape index (κ1) is 21.9. The second-order valence-corrected chi connectivity index (χ2v) is 9.91. The number of ether oxygens (including phenoxy) is 3. The van der Waals surface area contributed by atoms with Crippen LogP contribution in [-0.4, -0.2) is 104 Å². The largest absolute Gasteiger partial charge is 0.396 e. The van der Waals surface area contributed by atoms with Gasteiger partial charge in [-0.15, -0.1) is 0 Å². The van der Waals surface area contributed by atoms with Crippen LogP contribution in [0.15, 0.2) is 11.6 Å². The van der Waals surface area contributed by atoms with E-state index in [1.807, 2.05) is 6.92 Å². The number of ketones is 1. The second kappa shape index (κ2) is 6.78. The quantitative estimate of drug-likeness (QED) is 0.276. The fraction of sp³-hybridized carbons (Fsp3) is 0.857. The van der Waals surface area contributed by atoms with Gasteiger partial charge in [-0.2, -0.15) is 0 Å². The number of allylic oxidation sites excluding steroid dienone is 1. The smallest absolute Gasteiger partial charge is 0.187 e. The predicted octanol–water partition coefficient (Wildman–Crippen LogP) is -2.39. The highest BCUT2D eigenvalue weighted by Crippen LogP contribution is 2.85. The molecule has 6 N–H and O–H groups in total. The Morgan fingerprint density at radius 2 is 1.87 bits per heavy atom. The van der Waals surface area contributed by atoms with Crippen LogP contribution in [0.25, 0.3) is 0 Å². The summed E-state index contributed by atoms with van der Waals surface area (Å²) in [6, 6.07) is 0. The molecule has 3 aliphatic carbocycles. The molecule has 0 bridgehead atoms. The standard InChI is InChI=1S/C21H30O10/c1-8-3-11-9(4-10(8)24)20(7-23)19(2)5-12(17(29-11)21(19,20)28)30-18-16(27)15(26)14(25)13(6-22)31-18/h3,9,11-18,22-23,25-28H,4-7H2,1-2H3/t9-,11+,12+,13+,14+,15-,16+,17+,18+,19+,20-,21-/m0/s1. The van der Waals surface area contributed by atoms with Crippen molar-refractivity contribution in [2.24, 2.45) is 16.7 Å². The van der Waals surface area contributed by atoms with E-state index in [4.69, 9.17) is 14.2 Å². The molecule has 12 atom stereocenters. The van der Waals surface area contributed by atoms with Gasteiger partial charge >= 0.3 is 0 Å². The maximum atomic E-state index is 12.3. The van der Waals surface area contributed by atoms with Crippen molar-refractivity contribution in [1.29, 1.82) is 0 Å². The van der Waals surface area contributed by atoms with Gasteiger partial charge in [-0.05, 0) is 25.0 Å². The third-order valence-electron chi connectivity index (χ3n) is 8.80. The molecule has 2 saturated heterocycles. The number of carbonyl (C=O) groups excluding carboxylic acids is 1. The van der Waals surface area contributed by atoms with E-state index in [0.717, 1.165) is 0 Å². The zero-order valence-corrected chi connectivity index (χ0v) is 17.4. The van der Waals surface area contributed by atoms with E-state index >= 15 is 0 Å². The van der Waals surface area contributed by atoms with Crippen molar-refractivity contribution in [3.63, 3.8) is 0 Å². The Morgan fingerprint density at radius 1 is 1.16 bits per heavy atom. The molecular weight excluding hydrogens is 412 g/mol. The number of aliphatic hydroxyl groups excluding tert-OH is 5. The molecule has 0 radical (unpaired) electrons. The minimum atomic E-state index is -1.58. The van der Waals surface area contributed by atoms with Crippen molar-refractivity contribution < 1.29 is 49.6 Å². The van der Waals surface area contributed by atoms with Crippen molar-refractivity contribution in [2.75, 3.05) is 13.2 Å².